The zero-order chi connectivity index (χ0) is 15.5. The molecule has 22 heavy (non-hydrogen) atoms. The molecule has 4 heteroatoms. The van der Waals surface area contributed by atoms with Gasteiger partial charge in [0.2, 0.25) is 6.54 Å². The minimum Gasteiger partial charge on any atom is -0.336 e. The summed E-state index contributed by atoms with van der Waals surface area (Å²) in [6.45, 7) is 10.8. The molecule has 2 aromatic carbocycles. The van der Waals surface area contributed by atoms with Crippen LogP contribution in [-0.4, -0.2) is 48.9 Å². The maximum absolute atomic E-state index is 12.6. The largest absolute Gasteiger partial charge is 0.336 e. The molecule has 112 valence electrons. The summed E-state index contributed by atoms with van der Waals surface area (Å²) >= 11 is 0. The summed E-state index contributed by atoms with van der Waals surface area (Å²) in [4.78, 5) is 20.2. The standard InChI is InChI=1S/C18H19N3O/c1-19-13-14-3-4-16-12-17(6-5-15(16)11-14)18(22)21-9-7-20(2)8-10-21/h3-6,11-12H,7-10,13H2,2H3. The Labute approximate surface area is 130 Å². The molecule has 0 unspecified atom stereocenters. The van der Waals surface area contributed by atoms with Gasteiger partial charge in [-0.3, -0.25) is 4.79 Å². The van der Waals surface area contributed by atoms with Gasteiger partial charge in [-0.15, -0.1) is 0 Å². The maximum Gasteiger partial charge on any atom is 0.253 e. The second kappa shape index (κ2) is 6.17. The van der Waals surface area contributed by atoms with E-state index in [0.29, 0.717) is 6.54 Å². The van der Waals surface area contributed by atoms with Crippen molar-refractivity contribution in [2.24, 2.45) is 0 Å². The average molecular weight is 293 g/mol. The molecule has 0 aromatic heterocycles. The Kier molecular flexibility index (Phi) is 4.08. The van der Waals surface area contributed by atoms with Gasteiger partial charge in [-0.25, -0.2) is 6.57 Å². The fourth-order valence-corrected chi connectivity index (χ4v) is 2.81. The van der Waals surface area contributed by atoms with Crippen LogP contribution in [0, 0.1) is 6.57 Å². The summed E-state index contributed by atoms with van der Waals surface area (Å²) in [6, 6.07) is 11.8. The predicted molar refractivity (Wildman–Crippen MR) is 87.7 cm³/mol. The number of fused-ring (bicyclic) bond motifs is 1. The molecule has 1 saturated heterocycles. The van der Waals surface area contributed by atoms with Crippen molar-refractivity contribution in [1.29, 1.82) is 0 Å². The molecule has 0 saturated carbocycles. The summed E-state index contributed by atoms with van der Waals surface area (Å²) in [5.74, 6) is 0.111. The molecule has 1 aliphatic rings. The molecule has 0 atom stereocenters. The molecule has 0 spiro atoms. The third kappa shape index (κ3) is 2.95. The van der Waals surface area contributed by atoms with E-state index in [9.17, 15) is 4.79 Å². The second-order valence-electron chi connectivity index (χ2n) is 5.81. The molecule has 0 aliphatic carbocycles. The summed E-state index contributed by atoms with van der Waals surface area (Å²) in [5.41, 5.74) is 1.76. The van der Waals surface area contributed by atoms with Crippen LogP contribution in [-0.2, 0) is 6.54 Å². The van der Waals surface area contributed by atoms with E-state index in [0.717, 1.165) is 48.1 Å². The molecule has 1 fully saturated rings. The van der Waals surface area contributed by atoms with E-state index in [1.165, 1.54) is 0 Å². The Hall–Kier alpha value is -2.38. The first kappa shape index (κ1) is 14.6. The zero-order valence-corrected chi connectivity index (χ0v) is 12.7. The van der Waals surface area contributed by atoms with Gasteiger partial charge in [0.25, 0.3) is 5.91 Å². The molecule has 2 aromatic rings. The number of benzene rings is 2. The van der Waals surface area contributed by atoms with E-state index in [2.05, 4.69) is 16.8 Å². The van der Waals surface area contributed by atoms with Crippen LogP contribution in [0.4, 0.5) is 0 Å². The van der Waals surface area contributed by atoms with Crippen molar-refractivity contribution in [2.45, 2.75) is 6.54 Å². The lowest BCUT2D eigenvalue weighted by Gasteiger charge is -2.32. The molecule has 3 rings (SSSR count). The highest BCUT2D eigenvalue weighted by Crippen LogP contribution is 2.20. The lowest BCUT2D eigenvalue weighted by atomic mass is 10.0. The van der Waals surface area contributed by atoms with Crippen molar-refractivity contribution in [3.05, 3.63) is 58.9 Å². The fraction of sp³-hybridized carbons (Fsp3) is 0.333. The minimum absolute atomic E-state index is 0.111. The monoisotopic (exact) mass is 293 g/mol. The maximum atomic E-state index is 12.6. The van der Waals surface area contributed by atoms with E-state index in [-0.39, 0.29) is 5.91 Å². The van der Waals surface area contributed by atoms with Gasteiger partial charge in [0.15, 0.2) is 0 Å². The van der Waals surface area contributed by atoms with Crippen LogP contribution in [0.5, 0.6) is 0 Å². The molecular formula is C18H19N3O. The van der Waals surface area contributed by atoms with E-state index in [4.69, 9.17) is 6.57 Å². The number of nitrogens with zero attached hydrogens (tertiary/aromatic N) is 3. The van der Waals surface area contributed by atoms with Crippen LogP contribution in [0.25, 0.3) is 15.6 Å². The van der Waals surface area contributed by atoms with E-state index < -0.39 is 0 Å². The molecule has 1 amide bonds. The van der Waals surface area contributed by atoms with E-state index >= 15 is 0 Å². The Morgan fingerprint density at radius 1 is 1.09 bits per heavy atom. The van der Waals surface area contributed by atoms with Gasteiger partial charge in [0.1, 0.15) is 0 Å². The molecular weight excluding hydrogens is 274 g/mol. The Bertz CT molecular complexity index is 740. The van der Waals surface area contributed by atoms with Gasteiger partial charge in [-0.05, 0) is 36.0 Å². The number of rotatable bonds is 2. The summed E-state index contributed by atoms with van der Waals surface area (Å²) < 4.78 is 0. The Balaban J connectivity index is 1.84. The lowest BCUT2D eigenvalue weighted by molar-refractivity contribution is 0.0664. The van der Waals surface area contributed by atoms with Crippen LogP contribution in [0.1, 0.15) is 15.9 Å². The predicted octanol–water partition coefficient (Wildman–Crippen LogP) is 2.65. The van der Waals surface area contributed by atoms with Gasteiger partial charge in [-0.2, -0.15) is 0 Å². The lowest BCUT2D eigenvalue weighted by Crippen LogP contribution is -2.47. The van der Waals surface area contributed by atoms with Gasteiger partial charge < -0.3 is 14.6 Å². The van der Waals surface area contributed by atoms with Gasteiger partial charge in [-0.1, -0.05) is 18.2 Å². The fourth-order valence-electron chi connectivity index (χ4n) is 2.81. The third-order valence-corrected chi connectivity index (χ3v) is 4.20. The van der Waals surface area contributed by atoms with Crippen LogP contribution in [0.2, 0.25) is 0 Å². The smallest absolute Gasteiger partial charge is 0.253 e. The van der Waals surface area contributed by atoms with Crippen LogP contribution < -0.4 is 0 Å². The number of hydrogen-bond acceptors (Lipinski definition) is 2. The summed E-state index contributed by atoms with van der Waals surface area (Å²) in [7, 11) is 2.08. The highest BCUT2D eigenvalue weighted by atomic mass is 16.2. The van der Waals surface area contributed by atoms with Crippen molar-refractivity contribution < 1.29 is 4.79 Å². The number of hydrogen-bond donors (Lipinski definition) is 0. The Morgan fingerprint density at radius 3 is 2.50 bits per heavy atom. The average Bonchev–Trinajstić information content (AvgIpc) is 2.55. The van der Waals surface area contributed by atoms with Gasteiger partial charge in [0.05, 0.1) is 0 Å². The van der Waals surface area contributed by atoms with Crippen LogP contribution >= 0.6 is 0 Å². The second-order valence-corrected chi connectivity index (χ2v) is 5.81. The quantitative estimate of drug-likeness (QED) is 0.796. The molecule has 1 heterocycles. The highest BCUT2D eigenvalue weighted by Gasteiger charge is 2.20. The van der Waals surface area contributed by atoms with Gasteiger partial charge in [0, 0.05) is 37.3 Å². The molecule has 1 aliphatic heterocycles. The number of piperazine rings is 1. The summed E-state index contributed by atoms with van der Waals surface area (Å²) in [5, 5.41) is 2.13. The van der Waals surface area contributed by atoms with Crippen molar-refractivity contribution in [3.8, 4) is 0 Å². The molecule has 4 nitrogen and oxygen atoms in total. The topological polar surface area (TPSA) is 27.9 Å². The first-order valence-corrected chi connectivity index (χ1v) is 7.51. The number of carbonyl (C=O) groups is 1. The van der Waals surface area contributed by atoms with Crippen molar-refractivity contribution in [2.75, 3.05) is 33.2 Å². The van der Waals surface area contributed by atoms with E-state index in [1.807, 2.05) is 41.3 Å². The van der Waals surface area contributed by atoms with Crippen LogP contribution in [0.3, 0.4) is 0 Å². The van der Waals surface area contributed by atoms with Crippen molar-refractivity contribution in [3.63, 3.8) is 0 Å². The molecule has 0 bridgehead atoms. The molecule has 0 N–H and O–H groups in total. The first-order chi connectivity index (χ1) is 10.7. The zero-order valence-electron chi connectivity index (χ0n) is 12.7. The first-order valence-electron chi connectivity index (χ1n) is 7.51. The van der Waals surface area contributed by atoms with Crippen molar-refractivity contribution in [1.82, 2.24) is 9.80 Å². The van der Waals surface area contributed by atoms with E-state index in [1.54, 1.807) is 0 Å². The number of amides is 1. The van der Waals surface area contributed by atoms with Crippen molar-refractivity contribution >= 4 is 16.7 Å². The third-order valence-electron chi connectivity index (χ3n) is 4.20. The van der Waals surface area contributed by atoms with Gasteiger partial charge >= 0.3 is 0 Å². The SMILES string of the molecule is [C-]#[N+]Cc1ccc2cc(C(=O)N3CCN(C)CC3)ccc2c1. The number of carbonyl (C=O) groups excluding carboxylic acids is 1. The molecule has 0 radical (unpaired) electrons. The summed E-state index contributed by atoms with van der Waals surface area (Å²) in [6.07, 6.45) is 0. The highest BCUT2D eigenvalue weighted by molar-refractivity contribution is 5.98. The Morgan fingerprint density at radius 2 is 1.77 bits per heavy atom. The minimum atomic E-state index is 0.111. The van der Waals surface area contributed by atoms with Crippen LogP contribution in [0.15, 0.2) is 36.4 Å². The number of likely N-dealkylation sites (N-methyl/N-ethyl adjacent to an activating group) is 1. The normalized spacial score (nSPS) is 15.7.